The van der Waals surface area contributed by atoms with Gasteiger partial charge in [0, 0.05) is 48.5 Å². The normalized spacial score (nSPS) is 14.7. The molecule has 1 aliphatic rings. The van der Waals surface area contributed by atoms with E-state index in [2.05, 4.69) is 18.4 Å². The molecule has 2 aromatic carbocycles. The van der Waals surface area contributed by atoms with Crippen molar-refractivity contribution in [3.63, 3.8) is 0 Å². The van der Waals surface area contributed by atoms with Gasteiger partial charge in [-0.05, 0) is 55.7 Å². The van der Waals surface area contributed by atoms with Crippen LogP contribution in [0.3, 0.4) is 0 Å². The number of rotatable bonds is 8. The highest BCUT2D eigenvalue weighted by Gasteiger charge is 2.30. The summed E-state index contributed by atoms with van der Waals surface area (Å²) in [6.45, 7) is 8.55. The van der Waals surface area contributed by atoms with E-state index in [1.165, 1.54) is 0 Å². The Morgan fingerprint density at radius 3 is 2.17 bits per heavy atom. The number of unbranched alkanes of at least 4 members (excludes halogenated alkanes) is 1. The Labute approximate surface area is 219 Å². The molecule has 3 aromatic rings. The summed E-state index contributed by atoms with van der Waals surface area (Å²) in [5.41, 5.74) is 4.55. The molecule has 4 rings (SSSR count). The molecule has 2 amide bonds. The minimum Gasteiger partial charge on any atom is -0.339 e. The van der Waals surface area contributed by atoms with Crippen LogP contribution in [0.5, 0.6) is 0 Å². The van der Waals surface area contributed by atoms with Gasteiger partial charge in [-0.25, -0.2) is 0 Å². The van der Waals surface area contributed by atoms with Crippen LogP contribution in [0, 0.1) is 12.8 Å². The van der Waals surface area contributed by atoms with Crippen molar-refractivity contribution in [2.75, 3.05) is 26.2 Å². The second-order valence-electron chi connectivity index (χ2n) is 9.57. The summed E-state index contributed by atoms with van der Waals surface area (Å²) in [6.07, 6.45) is 4.00. The molecule has 0 spiro atoms. The van der Waals surface area contributed by atoms with Crippen LogP contribution in [-0.2, 0) is 4.79 Å². The second kappa shape index (κ2) is 11.8. The zero-order valence-corrected chi connectivity index (χ0v) is 22.3. The molecule has 6 heteroatoms. The molecule has 36 heavy (non-hydrogen) atoms. The summed E-state index contributed by atoms with van der Waals surface area (Å²) in [5, 5.41) is 0.678. The van der Waals surface area contributed by atoms with Crippen LogP contribution in [0.2, 0.25) is 5.02 Å². The summed E-state index contributed by atoms with van der Waals surface area (Å²) >= 11 is 6.14. The lowest BCUT2D eigenvalue weighted by Crippen LogP contribution is -2.52. The average molecular weight is 506 g/mol. The van der Waals surface area contributed by atoms with Gasteiger partial charge >= 0.3 is 0 Å². The van der Waals surface area contributed by atoms with Crippen molar-refractivity contribution in [1.82, 2.24) is 14.4 Å². The van der Waals surface area contributed by atoms with Gasteiger partial charge in [-0.2, -0.15) is 0 Å². The molecule has 1 aromatic heterocycles. The van der Waals surface area contributed by atoms with E-state index in [-0.39, 0.29) is 17.7 Å². The van der Waals surface area contributed by atoms with Crippen LogP contribution in [0.1, 0.15) is 55.6 Å². The van der Waals surface area contributed by atoms with Crippen LogP contribution in [0.4, 0.5) is 0 Å². The largest absolute Gasteiger partial charge is 0.339 e. The van der Waals surface area contributed by atoms with Gasteiger partial charge in [0.25, 0.3) is 5.91 Å². The smallest absolute Gasteiger partial charge is 0.255 e. The van der Waals surface area contributed by atoms with Gasteiger partial charge in [0.2, 0.25) is 5.91 Å². The van der Waals surface area contributed by atoms with Crippen LogP contribution in [0.25, 0.3) is 16.9 Å². The fourth-order valence-electron chi connectivity index (χ4n) is 5.08. The molecule has 1 unspecified atom stereocenters. The summed E-state index contributed by atoms with van der Waals surface area (Å²) in [4.78, 5) is 30.6. The van der Waals surface area contributed by atoms with Gasteiger partial charge in [0.1, 0.15) is 0 Å². The topological polar surface area (TPSA) is 45.6 Å². The molecule has 0 radical (unpaired) electrons. The molecule has 2 heterocycles. The highest BCUT2D eigenvalue weighted by molar-refractivity contribution is 6.30. The van der Waals surface area contributed by atoms with E-state index < -0.39 is 0 Å². The van der Waals surface area contributed by atoms with Gasteiger partial charge in [0.15, 0.2) is 0 Å². The van der Waals surface area contributed by atoms with E-state index >= 15 is 0 Å². The lowest BCUT2D eigenvalue weighted by molar-refractivity contribution is -0.137. The maximum Gasteiger partial charge on any atom is 0.255 e. The number of hydrogen-bond donors (Lipinski definition) is 0. The van der Waals surface area contributed by atoms with E-state index in [0.29, 0.717) is 36.8 Å². The number of carbonyl (C=O) groups excluding carboxylic acids is 2. The Kier molecular flexibility index (Phi) is 8.52. The Balaban J connectivity index is 1.56. The molecule has 5 nitrogen and oxygen atoms in total. The molecule has 1 atom stereocenters. The van der Waals surface area contributed by atoms with Gasteiger partial charge in [0.05, 0.1) is 11.3 Å². The van der Waals surface area contributed by atoms with E-state index in [1.54, 1.807) is 0 Å². The van der Waals surface area contributed by atoms with Crippen molar-refractivity contribution >= 4 is 23.4 Å². The third-order valence-corrected chi connectivity index (χ3v) is 7.51. The van der Waals surface area contributed by atoms with Crippen molar-refractivity contribution in [3.8, 4) is 16.9 Å². The van der Waals surface area contributed by atoms with Gasteiger partial charge in [-0.3, -0.25) is 9.59 Å². The van der Waals surface area contributed by atoms with Crippen molar-refractivity contribution in [2.45, 2.75) is 46.5 Å². The third-order valence-electron chi connectivity index (χ3n) is 7.26. The monoisotopic (exact) mass is 505 g/mol. The number of aromatic nitrogens is 1. The first-order valence-corrected chi connectivity index (χ1v) is 13.4. The van der Waals surface area contributed by atoms with Crippen LogP contribution >= 0.6 is 11.6 Å². The number of halogens is 1. The number of para-hydroxylation sites is 1. The summed E-state index contributed by atoms with van der Waals surface area (Å²) in [5.74, 6) is 0.355. The number of benzene rings is 2. The molecule has 190 valence electrons. The molecule has 1 saturated heterocycles. The molecular formula is C30H36ClN3O2. The SMILES string of the molecule is CCCCC(CC)C(=O)N1CCN(C(=O)c2cc(-c3ccc(Cl)cc3)n(-c3ccccc3)c2C)CC1. The number of nitrogens with zero attached hydrogens (tertiary/aromatic N) is 3. The first-order valence-electron chi connectivity index (χ1n) is 13.1. The minimum absolute atomic E-state index is 0.0162. The van der Waals surface area contributed by atoms with Gasteiger partial charge in [-0.15, -0.1) is 0 Å². The molecule has 0 aliphatic carbocycles. The highest BCUT2D eigenvalue weighted by Crippen LogP contribution is 2.31. The molecule has 1 aliphatic heterocycles. The van der Waals surface area contributed by atoms with Crippen LogP contribution in [-0.4, -0.2) is 52.4 Å². The Bertz CT molecular complexity index is 1180. The van der Waals surface area contributed by atoms with Gasteiger partial charge < -0.3 is 14.4 Å². The predicted molar refractivity (Wildman–Crippen MR) is 147 cm³/mol. The van der Waals surface area contributed by atoms with Gasteiger partial charge in [-0.1, -0.05) is 68.6 Å². The number of piperazine rings is 1. The van der Waals surface area contributed by atoms with Crippen molar-refractivity contribution in [3.05, 3.63) is 76.9 Å². The summed E-state index contributed by atoms with van der Waals surface area (Å²) < 4.78 is 2.13. The number of amides is 2. The Hall–Kier alpha value is -3.05. The van der Waals surface area contributed by atoms with E-state index in [4.69, 9.17) is 11.6 Å². The van der Waals surface area contributed by atoms with Crippen molar-refractivity contribution in [1.29, 1.82) is 0 Å². The average Bonchev–Trinajstić information content (AvgIpc) is 3.26. The third kappa shape index (κ3) is 5.52. The molecule has 0 bridgehead atoms. The fourth-order valence-corrected chi connectivity index (χ4v) is 5.20. The van der Waals surface area contributed by atoms with E-state index in [9.17, 15) is 9.59 Å². The van der Waals surface area contributed by atoms with E-state index in [0.717, 1.165) is 48.3 Å². The standard InChI is InChI=1S/C30H36ClN3O2/c1-4-6-10-23(5-2)29(35)32-17-19-33(20-18-32)30(36)27-21-28(24-13-15-25(31)16-14-24)34(22(27)3)26-11-8-7-9-12-26/h7-9,11-16,21,23H,4-6,10,17-20H2,1-3H3. The van der Waals surface area contributed by atoms with Crippen LogP contribution < -0.4 is 0 Å². The summed E-state index contributed by atoms with van der Waals surface area (Å²) in [7, 11) is 0. The van der Waals surface area contributed by atoms with E-state index in [1.807, 2.05) is 77.4 Å². The summed E-state index contributed by atoms with van der Waals surface area (Å²) in [6, 6.07) is 19.8. The maximum atomic E-state index is 13.7. The van der Waals surface area contributed by atoms with Crippen molar-refractivity contribution < 1.29 is 9.59 Å². The maximum absolute atomic E-state index is 13.7. The minimum atomic E-state index is 0.0162. The zero-order valence-electron chi connectivity index (χ0n) is 21.5. The lowest BCUT2D eigenvalue weighted by Gasteiger charge is -2.36. The first kappa shape index (κ1) is 26.0. The first-order chi connectivity index (χ1) is 17.4. The molecule has 0 saturated carbocycles. The van der Waals surface area contributed by atoms with Crippen molar-refractivity contribution in [2.24, 2.45) is 5.92 Å². The zero-order chi connectivity index (χ0) is 25.7. The Morgan fingerprint density at radius 1 is 0.917 bits per heavy atom. The molecule has 0 N–H and O–H groups in total. The Morgan fingerprint density at radius 2 is 1.56 bits per heavy atom. The molecule has 1 fully saturated rings. The fraction of sp³-hybridized carbons (Fsp3) is 0.400. The predicted octanol–water partition coefficient (Wildman–Crippen LogP) is 6.61. The van der Waals surface area contributed by atoms with Crippen LogP contribution in [0.15, 0.2) is 60.7 Å². The second-order valence-corrected chi connectivity index (χ2v) is 10.0. The number of hydrogen-bond acceptors (Lipinski definition) is 2. The highest BCUT2D eigenvalue weighted by atomic mass is 35.5. The number of carbonyl (C=O) groups is 2. The quantitative estimate of drug-likeness (QED) is 0.346. The molecular weight excluding hydrogens is 470 g/mol. The lowest BCUT2D eigenvalue weighted by atomic mass is 9.97.